The van der Waals surface area contributed by atoms with Crippen molar-refractivity contribution in [1.29, 1.82) is 0 Å². The molecule has 0 aromatic rings. The van der Waals surface area contributed by atoms with E-state index in [0.717, 1.165) is 12.8 Å². The zero-order chi connectivity index (χ0) is 8.16. The molecule has 3 N–H and O–H groups in total. The average molecular weight is 196 g/mol. The fraction of sp³-hybridized carbons (Fsp3) is 1.00. The monoisotopic (exact) mass is 195 g/mol. The van der Waals surface area contributed by atoms with Crippen molar-refractivity contribution in [3.63, 3.8) is 0 Å². The lowest BCUT2D eigenvalue weighted by atomic mass is 10.0. The van der Waals surface area contributed by atoms with E-state index in [-0.39, 0.29) is 24.6 Å². The van der Waals surface area contributed by atoms with Crippen LogP contribution < -0.4 is 5.73 Å². The Balaban J connectivity index is 0.00000121. The van der Waals surface area contributed by atoms with E-state index in [9.17, 15) is 0 Å². The highest BCUT2D eigenvalue weighted by Gasteiger charge is 2.32. The van der Waals surface area contributed by atoms with E-state index in [4.69, 9.17) is 15.6 Å². The van der Waals surface area contributed by atoms with E-state index >= 15 is 0 Å². The van der Waals surface area contributed by atoms with Crippen molar-refractivity contribution in [2.24, 2.45) is 5.73 Å². The summed E-state index contributed by atoms with van der Waals surface area (Å²) in [5, 5.41) is 8.57. The predicted octanol–water partition coefficient (Wildman–Crippen LogP) is 0.689. The van der Waals surface area contributed by atoms with Gasteiger partial charge in [-0.3, -0.25) is 0 Å². The van der Waals surface area contributed by atoms with Crippen LogP contribution in [-0.2, 0) is 4.74 Å². The maximum atomic E-state index is 8.57. The lowest BCUT2D eigenvalue weighted by molar-refractivity contribution is -0.0471. The first kappa shape index (κ1) is 12.2. The van der Waals surface area contributed by atoms with E-state index in [1.165, 1.54) is 12.8 Å². The summed E-state index contributed by atoms with van der Waals surface area (Å²) in [5.74, 6) is 0. The van der Waals surface area contributed by atoms with E-state index in [1.54, 1.807) is 0 Å². The number of hydrogen-bond donors (Lipinski definition) is 2. The number of halogens is 1. The molecule has 0 bridgehead atoms. The first-order valence-electron chi connectivity index (χ1n) is 4.28. The van der Waals surface area contributed by atoms with Crippen LogP contribution in [0.3, 0.4) is 0 Å². The zero-order valence-electron chi connectivity index (χ0n) is 7.29. The molecule has 3 nitrogen and oxygen atoms in total. The van der Waals surface area contributed by atoms with Crippen molar-refractivity contribution >= 4 is 12.4 Å². The summed E-state index contributed by atoms with van der Waals surface area (Å²) in [4.78, 5) is 0. The van der Waals surface area contributed by atoms with Crippen molar-refractivity contribution in [2.45, 2.75) is 31.3 Å². The topological polar surface area (TPSA) is 55.5 Å². The maximum Gasteiger partial charge on any atom is 0.0805 e. The second-order valence-corrected chi connectivity index (χ2v) is 3.17. The molecule has 0 unspecified atom stereocenters. The summed E-state index contributed by atoms with van der Waals surface area (Å²) in [6.45, 7) is 1.12. The van der Waals surface area contributed by atoms with Gasteiger partial charge in [0.25, 0.3) is 0 Å². The van der Waals surface area contributed by atoms with Crippen LogP contribution in [0.1, 0.15) is 25.7 Å². The minimum absolute atomic E-state index is 0. The number of ether oxygens (including phenoxy) is 1. The first-order chi connectivity index (χ1) is 5.33. The molecule has 12 heavy (non-hydrogen) atoms. The molecule has 1 rings (SSSR count). The fourth-order valence-electron chi connectivity index (χ4n) is 1.69. The molecule has 1 fully saturated rings. The van der Waals surface area contributed by atoms with Gasteiger partial charge in [0, 0.05) is 6.54 Å². The molecule has 1 saturated carbocycles. The summed E-state index contributed by atoms with van der Waals surface area (Å²) in [6, 6.07) is 0. The van der Waals surface area contributed by atoms with Crippen molar-refractivity contribution < 1.29 is 9.84 Å². The van der Waals surface area contributed by atoms with E-state index in [2.05, 4.69) is 0 Å². The Morgan fingerprint density at radius 3 is 2.33 bits per heavy atom. The Labute approximate surface area is 79.7 Å². The molecule has 0 aliphatic heterocycles. The van der Waals surface area contributed by atoms with Gasteiger partial charge in [-0.1, -0.05) is 12.8 Å². The van der Waals surface area contributed by atoms with Crippen LogP contribution in [0.2, 0.25) is 0 Å². The Kier molecular flexibility index (Phi) is 5.84. The summed E-state index contributed by atoms with van der Waals surface area (Å²) >= 11 is 0. The minimum Gasteiger partial charge on any atom is -0.394 e. The number of hydrogen-bond acceptors (Lipinski definition) is 3. The van der Waals surface area contributed by atoms with Crippen LogP contribution in [0, 0.1) is 0 Å². The summed E-state index contributed by atoms with van der Waals surface area (Å²) in [6.07, 6.45) is 4.54. The van der Waals surface area contributed by atoms with Gasteiger partial charge in [0.15, 0.2) is 0 Å². The van der Waals surface area contributed by atoms with Gasteiger partial charge in [0.05, 0.1) is 18.8 Å². The van der Waals surface area contributed by atoms with Crippen LogP contribution >= 0.6 is 12.4 Å². The van der Waals surface area contributed by atoms with Crippen LogP contribution in [0.5, 0.6) is 0 Å². The van der Waals surface area contributed by atoms with Gasteiger partial charge >= 0.3 is 0 Å². The fourth-order valence-corrected chi connectivity index (χ4v) is 1.69. The van der Waals surface area contributed by atoms with Crippen LogP contribution in [-0.4, -0.2) is 30.5 Å². The average Bonchev–Trinajstić information content (AvgIpc) is 2.50. The van der Waals surface area contributed by atoms with Crippen molar-refractivity contribution in [1.82, 2.24) is 0 Å². The summed E-state index contributed by atoms with van der Waals surface area (Å²) in [7, 11) is 0. The molecule has 0 amide bonds. The van der Waals surface area contributed by atoms with Gasteiger partial charge in [0.2, 0.25) is 0 Å². The van der Waals surface area contributed by atoms with E-state index < -0.39 is 0 Å². The minimum atomic E-state index is -0.0945. The van der Waals surface area contributed by atoms with Crippen molar-refractivity contribution in [3.05, 3.63) is 0 Å². The quantitative estimate of drug-likeness (QED) is 0.694. The third-order valence-electron chi connectivity index (χ3n) is 2.39. The molecule has 0 spiro atoms. The molecule has 0 radical (unpaired) electrons. The van der Waals surface area contributed by atoms with E-state index in [0.29, 0.717) is 13.2 Å². The molecule has 1 aliphatic carbocycles. The van der Waals surface area contributed by atoms with Gasteiger partial charge in [0.1, 0.15) is 0 Å². The molecule has 0 heterocycles. The van der Waals surface area contributed by atoms with Crippen molar-refractivity contribution in [3.8, 4) is 0 Å². The largest absolute Gasteiger partial charge is 0.394 e. The second-order valence-electron chi connectivity index (χ2n) is 3.17. The van der Waals surface area contributed by atoms with Crippen LogP contribution in [0.15, 0.2) is 0 Å². The van der Waals surface area contributed by atoms with Crippen molar-refractivity contribution in [2.75, 3.05) is 19.8 Å². The van der Waals surface area contributed by atoms with Crippen LogP contribution in [0.4, 0.5) is 0 Å². The van der Waals surface area contributed by atoms with Gasteiger partial charge < -0.3 is 15.6 Å². The second kappa shape index (κ2) is 5.75. The van der Waals surface area contributed by atoms with Crippen LogP contribution in [0.25, 0.3) is 0 Å². The number of aliphatic hydroxyl groups is 1. The van der Waals surface area contributed by atoms with E-state index in [1.807, 2.05) is 0 Å². The molecule has 74 valence electrons. The Bertz CT molecular complexity index is 116. The Hall–Kier alpha value is 0.170. The van der Waals surface area contributed by atoms with Gasteiger partial charge in [-0.25, -0.2) is 0 Å². The highest BCUT2D eigenvalue weighted by molar-refractivity contribution is 5.85. The molecule has 0 saturated heterocycles. The SMILES string of the molecule is Cl.NCC1(OCCO)CCCC1. The molecular formula is C8H18ClNO2. The number of aliphatic hydroxyl groups excluding tert-OH is 1. The number of nitrogens with two attached hydrogens (primary N) is 1. The van der Waals surface area contributed by atoms with Gasteiger partial charge in [-0.15, -0.1) is 12.4 Å². The zero-order valence-corrected chi connectivity index (χ0v) is 8.11. The molecule has 0 aromatic carbocycles. The smallest absolute Gasteiger partial charge is 0.0805 e. The molecule has 0 aromatic heterocycles. The normalized spacial score (nSPS) is 20.5. The first-order valence-corrected chi connectivity index (χ1v) is 4.28. The lowest BCUT2D eigenvalue weighted by Crippen LogP contribution is -2.38. The number of rotatable bonds is 4. The molecule has 4 heteroatoms. The predicted molar refractivity (Wildman–Crippen MR) is 50.5 cm³/mol. The summed E-state index contributed by atoms with van der Waals surface area (Å²) in [5.41, 5.74) is 5.51. The lowest BCUT2D eigenvalue weighted by Gasteiger charge is -2.27. The third-order valence-corrected chi connectivity index (χ3v) is 2.39. The van der Waals surface area contributed by atoms with Gasteiger partial charge in [-0.05, 0) is 12.8 Å². The Morgan fingerprint density at radius 2 is 1.92 bits per heavy atom. The molecular weight excluding hydrogens is 178 g/mol. The summed E-state index contributed by atoms with van der Waals surface area (Å²) < 4.78 is 5.51. The molecule has 0 atom stereocenters. The highest BCUT2D eigenvalue weighted by atomic mass is 35.5. The Morgan fingerprint density at radius 1 is 1.33 bits per heavy atom. The highest BCUT2D eigenvalue weighted by Crippen LogP contribution is 2.31. The maximum absolute atomic E-state index is 8.57. The standard InChI is InChI=1S/C8H17NO2.ClH/c9-7-8(11-6-5-10)3-1-2-4-8;/h10H,1-7,9H2;1H. The van der Waals surface area contributed by atoms with Gasteiger partial charge in [-0.2, -0.15) is 0 Å². The third kappa shape index (κ3) is 2.90. The molecule has 1 aliphatic rings.